The van der Waals surface area contributed by atoms with Crippen molar-refractivity contribution in [2.75, 3.05) is 0 Å². The average molecular weight is 366 g/mol. The van der Waals surface area contributed by atoms with Crippen LogP contribution in [0.4, 0.5) is 0 Å². The van der Waals surface area contributed by atoms with Crippen LogP contribution in [0, 0.1) is 5.92 Å². The maximum absolute atomic E-state index is 11.4. The fourth-order valence-electron chi connectivity index (χ4n) is 1.63. The zero-order chi connectivity index (χ0) is 13.8. The molecule has 0 bridgehead atoms. The van der Waals surface area contributed by atoms with E-state index in [2.05, 4.69) is 28.3 Å². The summed E-state index contributed by atoms with van der Waals surface area (Å²) in [4.78, 5) is 11.4. The molecular formula is C14H22Br2O. The number of benzene rings is 1. The van der Waals surface area contributed by atoms with Crippen molar-refractivity contribution in [1.29, 1.82) is 0 Å². The topological polar surface area (TPSA) is 17.1 Å². The van der Waals surface area contributed by atoms with E-state index in [0.29, 0.717) is 5.78 Å². The fourth-order valence-corrected chi connectivity index (χ4v) is 1.63. The van der Waals surface area contributed by atoms with Gasteiger partial charge in [0.25, 0.3) is 0 Å². The van der Waals surface area contributed by atoms with Gasteiger partial charge in [0.15, 0.2) is 5.78 Å². The molecule has 0 saturated carbocycles. The van der Waals surface area contributed by atoms with Gasteiger partial charge in [-0.05, 0) is 12.0 Å². The third kappa shape index (κ3) is 5.82. The molecule has 2 rings (SSSR count). The maximum atomic E-state index is 11.4. The summed E-state index contributed by atoms with van der Waals surface area (Å²) in [5.74, 6) is 0.507. The molecular weight excluding hydrogens is 344 g/mol. The standard InChI is InChI=1S/C10H10O.2C2H6.Br2/c1-7-6-8-4-2-3-5-9(8)10(7)11;3*1-2/h2-5,7H,6H2,1H3;2*1-2H3;. The van der Waals surface area contributed by atoms with E-state index in [-0.39, 0.29) is 5.92 Å². The van der Waals surface area contributed by atoms with Crippen molar-refractivity contribution in [3.05, 3.63) is 35.4 Å². The van der Waals surface area contributed by atoms with Gasteiger partial charge in [0.2, 0.25) is 0 Å². The van der Waals surface area contributed by atoms with Gasteiger partial charge in [-0.1, -0.05) is 58.9 Å². The highest BCUT2D eigenvalue weighted by molar-refractivity contribution is 9.93. The molecule has 1 atom stereocenters. The van der Waals surface area contributed by atoms with Crippen LogP contribution in [0.15, 0.2) is 24.3 Å². The summed E-state index contributed by atoms with van der Waals surface area (Å²) in [6.07, 6.45) is 0.926. The largest absolute Gasteiger partial charge is 0.294 e. The quantitative estimate of drug-likeness (QED) is 0.567. The van der Waals surface area contributed by atoms with E-state index in [9.17, 15) is 4.79 Å². The first kappa shape index (κ1) is 19.2. The summed E-state index contributed by atoms with van der Waals surface area (Å²) in [7, 11) is 0. The minimum absolute atomic E-state index is 0.201. The number of rotatable bonds is 0. The fraction of sp³-hybridized carbons (Fsp3) is 0.500. The Balaban J connectivity index is 0. The van der Waals surface area contributed by atoms with Crippen LogP contribution in [-0.2, 0) is 6.42 Å². The molecule has 0 amide bonds. The lowest BCUT2D eigenvalue weighted by Gasteiger charge is -1.93. The number of carbonyl (C=O) groups is 1. The Kier molecular flexibility index (Phi) is 13.9. The van der Waals surface area contributed by atoms with Crippen molar-refractivity contribution >= 4 is 34.0 Å². The number of halogens is 2. The minimum Gasteiger partial charge on any atom is -0.294 e. The molecule has 1 unspecified atom stereocenters. The van der Waals surface area contributed by atoms with Crippen LogP contribution in [0.2, 0.25) is 0 Å². The van der Waals surface area contributed by atoms with Crippen molar-refractivity contribution in [2.24, 2.45) is 5.92 Å². The lowest BCUT2D eigenvalue weighted by atomic mass is 10.1. The molecule has 98 valence electrons. The predicted octanol–water partition coefficient (Wildman–Crippen LogP) is 5.81. The van der Waals surface area contributed by atoms with E-state index in [1.54, 1.807) is 0 Å². The number of fused-ring (bicyclic) bond motifs is 1. The molecule has 0 radical (unpaired) electrons. The second kappa shape index (κ2) is 12.3. The van der Waals surface area contributed by atoms with Crippen molar-refractivity contribution in [2.45, 2.75) is 41.0 Å². The highest BCUT2D eigenvalue weighted by atomic mass is 80.9. The van der Waals surface area contributed by atoms with Gasteiger partial charge in [0.1, 0.15) is 0 Å². The molecule has 0 saturated heterocycles. The molecule has 0 aliphatic heterocycles. The second-order valence-corrected chi connectivity index (χ2v) is 3.13. The Labute approximate surface area is 121 Å². The van der Waals surface area contributed by atoms with Gasteiger partial charge in [-0.25, -0.2) is 0 Å². The van der Waals surface area contributed by atoms with Crippen molar-refractivity contribution in [3.63, 3.8) is 0 Å². The van der Waals surface area contributed by atoms with Gasteiger partial charge in [-0.15, -0.1) is 0 Å². The Morgan fingerprint density at radius 3 is 2.00 bits per heavy atom. The first-order valence-corrected chi connectivity index (χ1v) is 9.77. The van der Waals surface area contributed by atoms with Crippen LogP contribution in [0.25, 0.3) is 0 Å². The summed E-state index contributed by atoms with van der Waals surface area (Å²) in [6.45, 7) is 9.99. The summed E-state index contributed by atoms with van der Waals surface area (Å²) in [6, 6.07) is 7.87. The molecule has 0 N–H and O–H groups in total. The summed E-state index contributed by atoms with van der Waals surface area (Å²) in [5.41, 5.74) is 2.14. The number of ketones is 1. The first-order valence-electron chi connectivity index (χ1n) is 6.05. The molecule has 0 spiro atoms. The van der Waals surface area contributed by atoms with E-state index >= 15 is 0 Å². The van der Waals surface area contributed by atoms with E-state index in [4.69, 9.17) is 0 Å². The van der Waals surface area contributed by atoms with Gasteiger partial charge in [-0.2, -0.15) is 0 Å². The molecule has 1 nitrogen and oxygen atoms in total. The molecule has 3 heteroatoms. The van der Waals surface area contributed by atoms with Crippen LogP contribution in [0.5, 0.6) is 0 Å². The Morgan fingerprint density at radius 1 is 1.06 bits per heavy atom. The Bertz CT molecular complexity index is 311. The zero-order valence-corrected chi connectivity index (χ0v) is 14.4. The third-order valence-corrected chi connectivity index (χ3v) is 2.26. The van der Waals surface area contributed by atoms with Crippen LogP contribution in [0.1, 0.15) is 50.5 Å². The van der Waals surface area contributed by atoms with E-state index < -0.39 is 0 Å². The van der Waals surface area contributed by atoms with Gasteiger partial charge in [0.05, 0.1) is 0 Å². The Morgan fingerprint density at radius 2 is 1.53 bits per heavy atom. The van der Waals surface area contributed by atoms with Crippen molar-refractivity contribution in [1.82, 2.24) is 0 Å². The summed E-state index contributed by atoms with van der Waals surface area (Å²) in [5, 5.41) is 0. The minimum atomic E-state index is 0.201. The van der Waals surface area contributed by atoms with Crippen LogP contribution in [0.3, 0.4) is 0 Å². The molecule has 0 fully saturated rings. The maximum Gasteiger partial charge on any atom is 0.166 e. The van der Waals surface area contributed by atoms with E-state index in [1.807, 2.05) is 58.9 Å². The predicted molar refractivity (Wildman–Crippen MR) is 84.2 cm³/mol. The van der Waals surface area contributed by atoms with Crippen LogP contribution < -0.4 is 0 Å². The molecule has 0 heterocycles. The molecule has 1 aromatic carbocycles. The number of Topliss-reactive ketones (excluding diaryl/α,β-unsaturated/α-hetero) is 1. The van der Waals surface area contributed by atoms with E-state index in [0.717, 1.165) is 12.0 Å². The zero-order valence-electron chi connectivity index (χ0n) is 11.3. The summed E-state index contributed by atoms with van der Waals surface area (Å²) < 4.78 is 0. The molecule has 1 aliphatic carbocycles. The van der Waals surface area contributed by atoms with Gasteiger partial charge in [-0.3, -0.25) is 4.79 Å². The van der Waals surface area contributed by atoms with Gasteiger partial charge >= 0.3 is 0 Å². The first-order chi connectivity index (χ1) is 8.29. The van der Waals surface area contributed by atoms with Gasteiger partial charge < -0.3 is 0 Å². The van der Waals surface area contributed by atoms with Crippen molar-refractivity contribution in [3.8, 4) is 0 Å². The van der Waals surface area contributed by atoms with Crippen LogP contribution in [-0.4, -0.2) is 5.78 Å². The smallest absolute Gasteiger partial charge is 0.166 e. The monoisotopic (exact) mass is 364 g/mol. The lowest BCUT2D eigenvalue weighted by Crippen LogP contribution is -2.02. The lowest BCUT2D eigenvalue weighted by molar-refractivity contribution is 0.0946. The molecule has 1 aromatic rings. The second-order valence-electron chi connectivity index (χ2n) is 3.13. The molecule has 0 aromatic heterocycles. The highest BCUT2D eigenvalue weighted by Crippen LogP contribution is 2.25. The van der Waals surface area contributed by atoms with Gasteiger partial charge in [0, 0.05) is 39.7 Å². The molecule has 17 heavy (non-hydrogen) atoms. The normalized spacial score (nSPS) is 15.2. The number of hydrogen-bond acceptors (Lipinski definition) is 1. The van der Waals surface area contributed by atoms with E-state index in [1.165, 1.54) is 5.56 Å². The average Bonchev–Trinajstić information content (AvgIpc) is 2.73. The molecule has 1 aliphatic rings. The third-order valence-electron chi connectivity index (χ3n) is 2.26. The highest BCUT2D eigenvalue weighted by Gasteiger charge is 2.25. The summed E-state index contributed by atoms with van der Waals surface area (Å²) >= 11 is 5.50. The SMILES string of the molecule is BrBr.CC.CC.CC1Cc2ccccc2C1=O. The Hall–Kier alpha value is -0.150. The van der Waals surface area contributed by atoms with Crippen LogP contribution >= 0.6 is 28.3 Å². The van der Waals surface area contributed by atoms with Crippen molar-refractivity contribution < 1.29 is 4.79 Å². The number of carbonyl (C=O) groups excluding carboxylic acids is 1. The number of hydrogen-bond donors (Lipinski definition) is 0.